The van der Waals surface area contributed by atoms with Gasteiger partial charge in [-0.2, -0.15) is 0 Å². The minimum atomic E-state index is -0.864. The fourth-order valence-electron chi connectivity index (χ4n) is 0.968. The Hall–Kier alpha value is -1.09. The van der Waals surface area contributed by atoms with Gasteiger partial charge in [0.25, 0.3) is 0 Å². The Bertz CT molecular complexity index is 187. The second-order valence-corrected chi connectivity index (χ2v) is 2.61. The highest BCUT2D eigenvalue weighted by Crippen LogP contribution is 2.12. The van der Waals surface area contributed by atoms with Crippen LogP contribution in [0.3, 0.4) is 0 Å². The predicted molar refractivity (Wildman–Crippen MR) is 51.1 cm³/mol. The molecule has 74 valence electrons. The van der Waals surface area contributed by atoms with Crippen LogP contribution in [-0.2, 0) is 9.53 Å². The van der Waals surface area contributed by atoms with Crippen LogP contribution in [0.5, 0.6) is 0 Å². The number of rotatable bonds is 6. The second kappa shape index (κ2) is 6.43. The van der Waals surface area contributed by atoms with Gasteiger partial charge in [0.2, 0.25) is 0 Å². The number of allylic oxidation sites excluding steroid dienone is 1. The standard InChI is InChI=1S/C10H16O3/c1-4-7-8(9(11)5-2)10(12)13-6-3/h4-5,8-9,11H,1-2,6-7H2,3H3. The van der Waals surface area contributed by atoms with Crippen molar-refractivity contribution in [3.8, 4) is 0 Å². The molecule has 0 bridgehead atoms. The topological polar surface area (TPSA) is 46.5 Å². The first kappa shape index (κ1) is 11.9. The van der Waals surface area contributed by atoms with Crippen LogP contribution < -0.4 is 0 Å². The van der Waals surface area contributed by atoms with E-state index in [2.05, 4.69) is 13.2 Å². The van der Waals surface area contributed by atoms with Crippen molar-refractivity contribution in [3.63, 3.8) is 0 Å². The maximum Gasteiger partial charge on any atom is 0.312 e. The largest absolute Gasteiger partial charge is 0.466 e. The molecule has 0 amide bonds. The van der Waals surface area contributed by atoms with E-state index in [-0.39, 0.29) is 0 Å². The zero-order valence-electron chi connectivity index (χ0n) is 7.90. The summed E-state index contributed by atoms with van der Waals surface area (Å²) in [6.45, 7) is 8.96. The second-order valence-electron chi connectivity index (χ2n) is 2.61. The van der Waals surface area contributed by atoms with E-state index in [4.69, 9.17) is 4.74 Å². The molecule has 0 aromatic heterocycles. The molecular formula is C10H16O3. The van der Waals surface area contributed by atoms with E-state index in [9.17, 15) is 9.90 Å². The van der Waals surface area contributed by atoms with Crippen LogP contribution in [0.15, 0.2) is 25.3 Å². The van der Waals surface area contributed by atoms with Crippen molar-refractivity contribution in [1.29, 1.82) is 0 Å². The Balaban J connectivity index is 4.29. The van der Waals surface area contributed by atoms with Gasteiger partial charge in [0.05, 0.1) is 18.6 Å². The summed E-state index contributed by atoms with van der Waals surface area (Å²) >= 11 is 0. The van der Waals surface area contributed by atoms with Gasteiger partial charge < -0.3 is 9.84 Å². The average Bonchev–Trinajstić information content (AvgIpc) is 2.13. The fourth-order valence-corrected chi connectivity index (χ4v) is 0.968. The summed E-state index contributed by atoms with van der Waals surface area (Å²) in [6, 6.07) is 0. The average molecular weight is 184 g/mol. The molecule has 0 saturated heterocycles. The molecule has 0 aliphatic heterocycles. The molecule has 2 atom stereocenters. The van der Waals surface area contributed by atoms with Crippen LogP contribution in [-0.4, -0.2) is 23.8 Å². The molecule has 0 aliphatic rings. The molecule has 1 N–H and O–H groups in total. The summed E-state index contributed by atoms with van der Waals surface area (Å²) in [6.07, 6.45) is 2.43. The summed E-state index contributed by atoms with van der Waals surface area (Å²) in [5, 5.41) is 9.38. The lowest BCUT2D eigenvalue weighted by atomic mass is 9.99. The number of aliphatic hydroxyl groups excluding tert-OH is 1. The molecule has 3 nitrogen and oxygen atoms in total. The van der Waals surface area contributed by atoms with Crippen LogP contribution in [0.2, 0.25) is 0 Å². The van der Waals surface area contributed by atoms with E-state index in [1.807, 2.05) is 0 Å². The van der Waals surface area contributed by atoms with Crippen molar-refractivity contribution < 1.29 is 14.6 Å². The van der Waals surface area contributed by atoms with Crippen LogP contribution >= 0.6 is 0 Å². The molecule has 0 spiro atoms. The summed E-state index contributed by atoms with van der Waals surface area (Å²) in [5.41, 5.74) is 0. The molecule has 0 saturated carbocycles. The van der Waals surface area contributed by atoms with E-state index in [1.54, 1.807) is 13.0 Å². The normalized spacial score (nSPS) is 14.3. The lowest BCUT2D eigenvalue weighted by Gasteiger charge is -2.16. The molecule has 0 aromatic rings. The third kappa shape index (κ3) is 3.90. The van der Waals surface area contributed by atoms with E-state index < -0.39 is 18.0 Å². The maximum atomic E-state index is 11.3. The molecule has 0 aliphatic carbocycles. The third-order valence-electron chi connectivity index (χ3n) is 1.66. The molecule has 0 fully saturated rings. The minimum absolute atomic E-state index is 0.316. The van der Waals surface area contributed by atoms with Gasteiger partial charge >= 0.3 is 5.97 Å². The number of carbonyl (C=O) groups excluding carboxylic acids is 1. The Morgan fingerprint density at radius 1 is 1.62 bits per heavy atom. The maximum absolute atomic E-state index is 11.3. The van der Waals surface area contributed by atoms with Crippen LogP contribution in [0.25, 0.3) is 0 Å². The SMILES string of the molecule is C=CCC(C(=O)OCC)C(O)C=C. The lowest BCUT2D eigenvalue weighted by molar-refractivity contribution is -0.150. The van der Waals surface area contributed by atoms with Crippen LogP contribution in [0, 0.1) is 5.92 Å². The van der Waals surface area contributed by atoms with Gasteiger partial charge in [-0.15, -0.1) is 13.2 Å². The first-order chi connectivity index (χ1) is 6.17. The third-order valence-corrected chi connectivity index (χ3v) is 1.66. The first-order valence-electron chi connectivity index (χ1n) is 4.25. The van der Waals surface area contributed by atoms with Crippen molar-refractivity contribution in [2.24, 2.45) is 5.92 Å². The van der Waals surface area contributed by atoms with Gasteiger partial charge in [-0.25, -0.2) is 0 Å². The monoisotopic (exact) mass is 184 g/mol. The smallest absolute Gasteiger partial charge is 0.312 e. The summed E-state index contributed by atoms with van der Waals surface area (Å²) < 4.78 is 4.79. The van der Waals surface area contributed by atoms with Gasteiger partial charge in [-0.3, -0.25) is 4.79 Å². The molecule has 0 aromatic carbocycles. The van der Waals surface area contributed by atoms with Crippen LogP contribution in [0.4, 0.5) is 0 Å². The van der Waals surface area contributed by atoms with Crippen molar-refractivity contribution in [2.75, 3.05) is 6.61 Å². The van der Waals surface area contributed by atoms with Gasteiger partial charge in [-0.05, 0) is 13.3 Å². The quantitative estimate of drug-likeness (QED) is 0.499. The van der Waals surface area contributed by atoms with Gasteiger partial charge in [0, 0.05) is 0 Å². The van der Waals surface area contributed by atoms with Crippen molar-refractivity contribution in [1.82, 2.24) is 0 Å². The summed E-state index contributed by atoms with van der Waals surface area (Å²) in [4.78, 5) is 11.3. The number of aliphatic hydroxyl groups is 1. The lowest BCUT2D eigenvalue weighted by Crippen LogP contribution is -2.28. The Morgan fingerprint density at radius 3 is 2.62 bits per heavy atom. The van der Waals surface area contributed by atoms with Crippen molar-refractivity contribution >= 4 is 5.97 Å². The number of carbonyl (C=O) groups is 1. The van der Waals surface area contributed by atoms with Gasteiger partial charge in [-0.1, -0.05) is 12.2 Å². The predicted octanol–water partition coefficient (Wildman–Crippen LogP) is 1.29. The number of esters is 1. The minimum Gasteiger partial charge on any atom is -0.466 e. The highest BCUT2D eigenvalue weighted by molar-refractivity contribution is 5.73. The van der Waals surface area contributed by atoms with Gasteiger partial charge in [0.1, 0.15) is 0 Å². The number of hydrogen-bond donors (Lipinski definition) is 1. The Kier molecular flexibility index (Phi) is 5.89. The van der Waals surface area contributed by atoms with Crippen LogP contribution in [0.1, 0.15) is 13.3 Å². The van der Waals surface area contributed by atoms with E-state index >= 15 is 0 Å². The molecule has 0 heterocycles. The van der Waals surface area contributed by atoms with Gasteiger partial charge in [0.15, 0.2) is 0 Å². The Labute approximate surface area is 78.7 Å². The van der Waals surface area contributed by atoms with E-state index in [0.717, 1.165) is 0 Å². The molecule has 3 heteroatoms. The highest BCUT2D eigenvalue weighted by atomic mass is 16.5. The van der Waals surface area contributed by atoms with Crippen molar-refractivity contribution in [2.45, 2.75) is 19.4 Å². The van der Waals surface area contributed by atoms with Crippen molar-refractivity contribution in [3.05, 3.63) is 25.3 Å². The first-order valence-corrected chi connectivity index (χ1v) is 4.25. The Morgan fingerprint density at radius 2 is 2.23 bits per heavy atom. The summed E-state index contributed by atoms with van der Waals surface area (Å²) in [7, 11) is 0. The molecule has 13 heavy (non-hydrogen) atoms. The molecule has 0 radical (unpaired) electrons. The fraction of sp³-hybridized carbons (Fsp3) is 0.500. The molecule has 0 rings (SSSR count). The highest BCUT2D eigenvalue weighted by Gasteiger charge is 2.24. The zero-order chi connectivity index (χ0) is 10.3. The summed E-state index contributed by atoms with van der Waals surface area (Å²) in [5.74, 6) is -0.982. The number of ether oxygens (including phenoxy) is 1. The molecule has 2 unspecified atom stereocenters. The van der Waals surface area contributed by atoms with E-state index in [1.165, 1.54) is 6.08 Å². The number of hydrogen-bond acceptors (Lipinski definition) is 3. The molecular weight excluding hydrogens is 168 g/mol. The zero-order valence-corrected chi connectivity index (χ0v) is 7.90. The van der Waals surface area contributed by atoms with E-state index in [0.29, 0.717) is 13.0 Å².